The summed E-state index contributed by atoms with van der Waals surface area (Å²) in [5.41, 5.74) is 2.21. The Morgan fingerprint density at radius 3 is 2.67 bits per heavy atom. The lowest BCUT2D eigenvalue weighted by molar-refractivity contribution is -0.764. The number of fused-ring (bicyclic) bond motifs is 3. The van der Waals surface area contributed by atoms with Crippen LogP contribution in [0.15, 0.2) is 75.0 Å². The van der Waals surface area contributed by atoms with Crippen LogP contribution < -0.4 is 15.1 Å². The van der Waals surface area contributed by atoms with Gasteiger partial charge in [0.05, 0.1) is 11.3 Å². The van der Waals surface area contributed by atoms with E-state index in [-0.39, 0.29) is 11.5 Å². The van der Waals surface area contributed by atoms with Gasteiger partial charge in [-0.15, -0.1) is 0 Å². The highest BCUT2D eigenvalue weighted by Crippen LogP contribution is 2.38. The van der Waals surface area contributed by atoms with Crippen molar-refractivity contribution in [2.45, 2.75) is 25.2 Å². The van der Waals surface area contributed by atoms with Gasteiger partial charge in [-0.25, -0.2) is 4.90 Å². The lowest BCUT2D eigenvalue weighted by atomic mass is 10.0. The van der Waals surface area contributed by atoms with Crippen LogP contribution in [0.25, 0.3) is 22.6 Å². The Kier molecular flexibility index (Phi) is 5.55. The first kappa shape index (κ1) is 21.5. The number of hydrogen-bond acceptors (Lipinski definition) is 5. The zero-order valence-electron chi connectivity index (χ0n) is 17.9. The number of amides is 1. The summed E-state index contributed by atoms with van der Waals surface area (Å²) in [7, 11) is 0. The number of nitrogens with one attached hydrogen (secondary N) is 1. The molecule has 0 bridgehead atoms. The number of furan rings is 1. The number of benzene rings is 2. The van der Waals surface area contributed by atoms with Gasteiger partial charge in [0.2, 0.25) is 11.1 Å². The molecule has 5 rings (SSSR count). The molecular formula is C24H20ClN4O3S+. The molecule has 1 atom stereocenters. The van der Waals surface area contributed by atoms with Crippen molar-refractivity contribution in [3.8, 4) is 22.6 Å². The maximum atomic E-state index is 13.2. The number of anilines is 1. The van der Waals surface area contributed by atoms with E-state index >= 15 is 0 Å². The number of H-pyrrole nitrogens is 1. The minimum Gasteiger partial charge on any atom is -0.452 e. The van der Waals surface area contributed by atoms with Crippen LogP contribution in [-0.2, 0) is 4.79 Å². The number of nitrogens with zero attached hydrogens (tertiary/aromatic N) is 3. The van der Waals surface area contributed by atoms with E-state index in [1.165, 1.54) is 18.7 Å². The first-order valence-electron chi connectivity index (χ1n) is 10.4. The first-order valence-corrected chi connectivity index (χ1v) is 11.8. The molecule has 33 heavy (non-hydrogen) atoms. The van der Waals surface area contributed by atoms with E-state index in [1.807, 2.05) is 55.5 Å². The van der Waals surface area contributed by atoms with Crippen LogP contribution in [-0.4, -0.2) is 21.7 Å². The number of para-hydroxylation sites is 1. The van der Waals surface area contributed by atoms with Crippen molar-refractivity contribution in [2.75, 3.05) is 10.7 Å². The molecule has 0 radical (unpaired) electrons. The predicted molar refractivity (Wildman–Crippen MR) is 127 cm³/mol. The van der Waals surface area contributed by atoms with Gasteiger partial charge in [-0.1, -0.05) is 42.4 Å². The second-order valence-electron chi connectivity index (χ2n) is 7.47. The summed E-state index contributed by atoms with van der Waals surface area (Å²) in [5.74, 6) is 1.66. The Labute approximate surface area is 199 Å². The Bertz CT molecular complexity index is 1410. The van der Waals surface area contributed by atoms with E-state index in [0.29, 0.717) is 38.6 Å². The fourth-order valence-electron chi connectivity index (χ4n) is 4.03. The molecule has 0 aliphatic carbocycles. The van der Waals surface area contributed by atoms with Crippen LogP contribution in [0.5, 0.6) is 0 Å². The maximum absolute atomic E-state index is 13.2. The molecule has 1 N–H and O–H groups in total. The molecule has 3 heterocycles. The molecule has 1 aliphatic rings. The van der Waals surface area contributed by atoms with Gasteiger partial charge in [0.15, 0.2) is 5.76 Å². The Balaban J connectivity index is 1.74. The first-order chi connectivity index (χ1) is 16.0. The minimum absolute atomic E-state index is 0.193. The number of carbonyl (C=O) groups excluding carboxylic acids is 1. The predicted octanol–water partition coefficient (Wildman–Crippen LogP) is 4.66. The number of thioether (sulfide) groups is 1. The third kappa shape index (κ3) is 3.75. The molecule has 0 fully saturated rings. The summed E-state index contributed by atoms with van der Waals surface area (Å²) in [6.07, 6.45) is -0.757. The van der Waals surface area contributed by atoms with Crippen LogP contribution in [0.3, 0.4) is 0 Å². The lowest BCUT2D eigenvalue weighted by Gasteiger charge is -2.30. The number of rotatable bonds is 4. The number of carbonyl (C=O) groups is 1. The normalized spacial score (nSPS) is 14.6. The summed E-state index contributed by atoms with van der Waals surface area (Å²) in [5, 5.41) is 5.81. The average molecular weight is 480 g/mol. The van der Waals surface area contributed by atoms with Crippen molar-refractivity contribution >= 4 is 35.0 Å². The van der Waals surface area contributed by atoms with Crippen molar-refractivity contribution in [2.24, 2.45) is 0 Å². The van der Waals surface area contributed by atoms with Gasteiger partial charge in [0.25, 0.3) is 0 Å². The van der Waals surface area contributed by atoms with E-state index in [0.717, 1.165) is 11.3 Å². The van der Waals surface area contributed by atoms with Gasteiger partial charge in [-0.3, -0.25) is 14.6 Å². The molecule has 4 aromatic rings. The molecule has 2 aromatic carbocycles. The summed E-state index contributed by atoms with van der Waals surface area (Å²) in [6, 6.07) is 18.3. The van der Waals surface area contributed by atoms with Crippen LogP contribution in [0.4, 0.5) is 5.69 Å². The Hall–Kier alpha value is -3.36. The quantitative estimate of drug-likeness (QED) is 0.340. The van der Waals surface area contributed by atoms with Gasteiger partial charge < -0.3 is 4.42 Å². The number of hydrogen-bond donors (Lipinski definition) is 1. The molecule has 2 aromatic heterocycles. The van der Waals surface area contributed by atoms with Crippen molar-refractivity contribution in [1.82, 2.24) is 10.1 Å². The van der Waals surface area contributed by atoms with Gasteiger partial charge >= 0.3 is 17.4 Å². The standard InChI is InChI=1S/C24H19ClN4O3S/c1-3-33-24-26-22(31)21-17-6-4-5-7-18(17)28(14(2)30)23(29(21)27-24)20-13-12-19(32-20)15-8-10-16(25)11-9-15/h4-13,23H,3H2,1-2H3/p+1. The molecule has 1 aliphatic heterocycles. The van der Waals surface area contributed by atoms with E-state index in [1.54, 1.807) is 21.7 Å². The van der Waals surface area contributed by atoms with Crippen molar-refractivity contribution in [3.05, 3.63) is 81.8 Å². The summed E-state index contributed by atoms with van der Waals surface area (Å²) in [6.45, 7) is 3.47. The average Bonchev–Trinajstić information content (AvgIpc) is 3.28. The molecule has 1 unspecified atom stereocenters. The maximum Gasteiger partial charge on any atom is 0.325 e. The van der Waals surface area contributed by atoms with E-state index in [9.17, 15) is 9.59 Å². The van der Waals surface area contributed by atoms with Crippen LogP contribution in [0.1, 0.15) is 25.8 Å². The molecule has 9 heteroatoms. The Morgan fingerprint density at radius 2 is 1.94 bits per heavy atom. The fourth-order valence-corrected chi connectivity index (χ4v) is 4.74. The zero-order chi connectivity index (χ0) is 23.1. The Morgan fingerprint density at radius 1 is 1.18 bits per heavy atom. The van der Waals surface area contributed by atoms with Crippen LogP contribution in [0, 0.1) is 0 Å². The summed E-state index contributed by atoms with van der Waals surface area (Å²) >= 11 is 7.44. The highest BCUT2D eigenvalue weighted by Gasteiger charge is 2.46. The molecule has 7 nitrogen and oxygen atoms in total. The molecule has 0 saturated carbocycles. The van der Waals surface area contributed by atoms with E-state index in [4.69, 9.17) is 21.1 Å². The van der Waals surface area contributed by atoms with Gasteiger partial charge in [-0.2, -0.15) is 0 Å². The lowest BCUT2D eigenvalue weighted by Crippen LogP contribution is -2.60. The van der Waals surface area contributed by atoms with Gasteiger partial charge in [0.1, 0.15) is 5.76 Å². The van der Waals surface area contributed by atoms with Crippen LogP contribution >= 0.6 is 23.4 Å². The van der Waals surface area contributed by atoms with Crippen molar-refractivity contribution in [1.29, 1.82) is 0 Å². The number of aromatic amines is 1. The van der Waals surface area contributed by atoms with Crippen molar-refractivity contribution < 1.29 is 13.9 Å². The third-order valence-corrected chi connectivity index (χ3v) is 6.39. The minimum atomic E-state index is -0.757. The van der Waals surface area contributed by atoms with E-state index in [2.05, 4.69) is 4.98 Å². The molecule has 166 valence electrons. The second-order valence-corrected chi connectivity index (χ2v) is 9.16. The number of halogens is 1. The molecular weight excluding hydrogens is 460 g/mol. The number of aromatic nitrogens is 3. The molecule has 0 spiro atoms. The van der Waals surface area contributed by atoms with E-state index < -0.39 is 6.17 Å². The fraction of sp³-hybridized carbons (Fsp3) is 0.167. The second kappa shape index (κ2) is 8.53. The topological polar surface area (TPSA) is 83.1 Å². The van der Waals surface area contributed by atoms with Gasteiger partial charge in [0, 0.05) is 22.6 Å². The summed E-state index contributed by atoms with van der Waals surface area (Å²) in [4.78, 5) is 30.5. The van der Waals surface area contributed by atoms with Gasteiger partial charge in [-0.05, 0) is 59.0 Å². The highest BCUT2D eigenvalue weighted by molar-refractivity contribution is 7.99. The van der Waals surface area contributed by atoms with Crippen molar-refractivity contribution in [3.63, 3.8) is 0 Å². The highest BCUT2D eigenvalue weighted by atomic mass is 35.5. The smallest absolute Gasteiger partial charge is 0.325 e. The monoisotopic (exact) mass is 479 g/mol. The SMILES string of the molecule is CCSc1n[n+]2c(c(=O)[nH]1)-c1ccccc1N(C(C)=O)C2c1ccc(-c2ccc(Cl)cc2)o1. The van der Waals surface area contributed by atoms with Crippen LogP contribution in [0.2, 0.25) is 5.02 Å². The molecule has 0 saturated heterocycles. The molecule has 1 amide bonds. The third-order valence-electron chi connectivity index (χ3n) is 5.39. The summed E-state index contributed by atoms with van der Waals surface area (Å²) < 4.78 is 7.81. The largest absolute Gasteiger partial charge is 0.452 e. The zero-order valence-corrected chi connectivity index (χ0v) is 19.5.